The fourth-order valence-electron chi connectivity index (χ4n) is 4.88. The highest BCUT2D eigenvalue weighted by molar-refractivity contribution is 5.79. The van der Waals surface area contributed by atoms with Gasteiger partial charge in [-0.25, -0.2) is 9.97 Å². The molecule has 36 heavy (non-hydrogen) atoms. The van der Waals surface area contributed by atoms with Gasteiger partial charge in [-0.3, -0.25) is 9.88 Å². The zero-order valence-electron chi connectivity index (χ0n) is 22.1. The summed E-state index contributed by atoms with van der Waals surface area (Å²) in [5.74, 6) is 1.91. The molecule has 192 valence electrons. The molecular formula is C29H41N7. The molecule has 0 bridgehead atoms. The van der Waals surface area contributed by atoms with Crippen LogP contribution in [-0.4, -0.2) is 54.4 Å². The second-order valence-corrected chi connectivity index (χ2v) is 9.72. The van der Waals surface area contributed by atoms with Crippen LogP contribution in [0.25, 0.3) is 10.9 Å². The van der Waals surface area contributed by atoms with E-state index >= 15 is 0 Å². The van der Waals surface area contributed by atoms with Crippen molar-refractivity contribution in [2.45, 2.75) is 72.0 Å². The number of fused-ring (bicyclic) bond motifs is 1. The van der Waals surface area contributed by atoms with Crippen LogP contribution in [0.1, 0.15) is 75.4 Å². The van der Waals surface area contributed by atoms with Crippen molar-refractivity contribution in [1.29, 1.82) is 0 Å². The molecule has 0 aliphatic rings. The normalized spacial score (nSPS) is 12.7. The van der Waals surface area contributed by atoms with Crippen LogP contribution in [0.4, 0.5) is 0 Å². The molecule has 0 radical (unpaired) electrons. The molecule has 0 spiro atoms. The van der Waals surface area contributed by atoms with Gasteiger partial charge in [-0.15, -0.1) is 0 Å². The number of imidazole rings is 2. The lowest BCUT2D eigenvalue weighted by Crippen LogP contribution is -2.27. The summed E-state index contributed by atoms with van der Waals surface area (Å²) in [6.07, 6.45) is 13.3. The lowest BCUT2D eigenvalue weighted by Gasteiger charge is -2.27. The largest absolute Gasteiger partial charge is 0.348 e. The third-order valence-corrected chi connectivity index (χ3v) is 6.80. The maximum absolute atomic E-state index is 4.96. The Morgan fingerprint density at radius 1 is 0.861 bits per heavy atom. The lowest BCUT2D eigenvalue weighted by molar-refractivity contribution is 0.181. The molecule has 1 unspecified atom stereocenters. The first-order valence-electron chi connectivity index (χ1n) is 13.5. The van der Waals surface area contributed by atoms with Crippen molar-refractivity contribution < 1.29 is 0 Å². The van der Waals surface area contributed by atoms with Crippen LogP contribution in [0.5, 0.6) is 0 Å². The zero-order valence-corrected chi connectivity index (χ0v) is 22.1. The SMILES string of the molecule is CCCN(CCC)CCCCc1ccc2cc(CN(Cc3ncc[nH]3)C(C)c3ncc[nH]3)ccc2n1. The van der Waals surface area contributed by atoms with Crippen LogP contribution >= 0.6 is 0 Å². The number of pyridine rings is 1. The van der Waals surface area contributed by atoms with Crippen LogP contribution in [0.15, 0.2) is 55.1 Å². The predicted molar refractivity (Wildman–Crippen MR) is 147 cm³/mol. The molecule has 0 aliphatic heterocycles. The molecule has 1 aromatic carbocycles. The van der Waals surface area contributed by atoms with Gasteiger partial charge in [0.1, 0.15) is 11.6 Å². The molecule has 4 aromatic rings. The van der Waals surface area contributed by atoms with Gasteiger partial charge < -0.3 is 14.9 Å². The molecule has 7 nitrogen and oxygen atoms in total. The average molecular weight is 488 g/mol. The summed E-state index contributed by atoms with van der Waals surface area (Å²) in [6.45, 7) is 11.9. The lowest BCUT2D eigenvalue weighted by atomic mass is 10.1. The van der Waals surface area contributed by atoms with E-state index in [1.165, 1.54) is 62.0 Å². The fourth-order valence-corrected chi connectivity index (χ4v) is 4.88. The number of hydrogen-bond acceptors (Lipinski definition) is 5. The van der Waals surface area contributed by atoms with E-state index in [0.29, 0.717) is 0 Å². The van der Waals surface area contributed by atoms with E-state index in [4.69, 9.17) is 4.98 Å². The van der Waals surface area contributed by atoms with Crippen LogP contribution in [0.2, 0.25) is 0 Å². The van der Waals surface area contributed by atoms with E-state index in [1.54, 1.807) is 6.20 Å². The van der Waals surface area contributed by atoms with Crippen molar-refractivity contribution in [1.82, 2.24) is 34.7 Å². The van der Waals surface area contributed by atoms with Gasteiger partial charge in [-0.05, 0) is 82.4 Å². The Bertz CT molecular complexity index is 1150. The van der Waals surface area contributed by atoms with Crippen LogP contribution in [0, 0.1) is 0 Å². The number of aromatic nitrogens is 5. The van der Waals surface area contributed by atoms with E-state index in [0.717, 1.165) is 36.7 Å². The number of nitrogens with one attached hydrogen (secondary N) is 2. The first-order chi connectivity index (χ1) is 17.7. The smallest absolute Gasteiger partial charge is 0.123 e. The summed E-state index contributed by atoms with van der Waals surface area (Å²) < 4.78 is 0. The number of hydrogen-bond donors (Lipinski definition) is 2. The Labute approximate surface area is 215 Å². The minimum absolute atomic E-state index is 0.131. The Morgan fingerprint density at radius 2 is 1.67 bits per heavy atom. The van der Waals surface area contributed by atoms with Crippen LogP contribution < -0.4 is 0 Å². The molecule has 0 fully saturated rings. The Kier molecular flexibility index (Phi) is 9.64. The van der Waals surface area contributed by atoms with Gasteiger partial charge in [0, 0.05) is 42.4 Å². The van der Waals surface area contributed by atoms with Crippen molar-refractivity contribution in [3.05, 3.63) is 78.0 Å². The van der Waals surface area contributed by atoms with Crippen molar-refractivity contribution in [2.24, 2.45) is 0 Å². The van der Waals surface area contributed by atoms with Crippen LogP contribution in [-0.2, 0) is 19.5 Å². The monoisotopic (exact) mass is 487 g/mol. The second kappa shape index (κ2) is 13.3. The Balaban J connectivity index is 1.39. The van der Waals surface area contributed by atoms with Crippen LogP contribution in [0.3, 0.4) is 0 Å². The van der Waals surface area contributed by atoms with Gasteiger partial charge in [0.05, 0.1) is 18.1 Å². The van der Waals surface area contributed by atoms with Gasteiger partial charge in [-0.2, -0.15) is 0 Å². The van der Waals surface area contributed by atoms with E-state index in [9.17, 15) is 0 Å². The highest BCUT2D eigenvalue weighted by Crippen LogP contribution is 2.23. The third kappa shape index (κ3) is 7.24. The quantitative estimate of drug-likeness (QED) is 0.205. The van der Waals surface area contributed by atoms with Crippen molar-refractivity contribution >= 4 is 10.9 Å². The number of aromatic amines is 2. The first kappa shape index (κ1) is 26.0. The Morgan fingerprint density at radius 3 is 2.39 bits per heavy atom. The highest BCUT2D eigenvalue weighted by atomic mass is 15.2. The standard InChI is InChI=1S/C29H41N7/c1-4-17-35(18-5-2)19-7-6-8-26-11-10-25-20-24(9-12-27(25)34-26)21-36(22-28-30-13-14-31-28)23(3)29-32-15-16-33-29/h9-16,20,23H,4-8,17-19,21-22H2,1-3H3,(H,30,31)(H,32,33). The minimum Gasteiger partial charge on any atom is -0.348 e. The molecule has 1 atom stereocenters. The molecule has 0 aliphatic carbocycles. The first-order valence-corrected chi connectivity index (χ1v) is 13.5. The van der Waals surface area contributed by atoms with Gasteiger partial charge in [0.2, 0.25) is 0 Å². The molecule has 0 saturated carbocycles. The molecule has 4 rings (SSSR count). The summed E-state index contributed by atoms with van der Waals surface area (Å²) in [6, 6.07) is 11.2. The Hall–Kier alpha value is -3.03. The van der Waals surface area contributed by atoms with Crippen molar-refractivity contribution in [3.8, 4) is 0 Å². The average Bonchev–Trinajstić information content (AvgIpc) is 3.61. The summed E-state index contributed by atoms with van der Waals surface area (Å²) in [5, 5.41) is 1.19. The highest BCUT2D eigenvalue weighted by Gasteiger charge is 2.19. The van der Waals surface area contributed by atoms with Gasteiger partial charge in [-0.1, -0.05) is 26.0 Å². The van der Waals surface area contributed by atoms with E-state index in [-0.39, 0.29) is 6.04 Å². The second-order valence-electron chi connectivity index (χ2n) is 9.72. The zero-order chi connectivity index (χ0) is 25.2. The van der Waals surface area contributed by atoms with Gasteiger partial charge in [0.25, 0.3) is 0 Å². The molecule has 0 saturated heterocycles. The molecule has 0 amide bonds. The van der Waals surface area contributed by atoms with Crippen molar-refractivity contribution in [2.75, 3.05) is 19.6 Å². The number of aryl methyl sites for hydroxylation is 1. The third-order valence-electron chi connectivity index (χ3n) is 6.80. The predicted octanol–water partition coefficient (Wildman–Crippen LogP) is 5.89. The molecular weight excluding hydrogens is 446 g/mol. The summed E-state index contributed by atoms with van der Waals surface area (Å²) in [7, 11) is 0. The number of H-pyrrole nitrogens is 2. The van der Waals surface area contributed by atoms with E-state index in [1.807, 2.05) is 18.6 Å². The molecule has 2 N–H and O–H groups in total. The number of benzene rings is 1. The van der Waals surface area contributed by atoms with E-state index < -0.39 is 0 Å². The topological polar surface area (TPSA) is 76.7 Å². The van der Waals surface area contributed by atoms with Crippen molar-refractivity contribution in [3.63, 3.8) is 0 Å². The number of nitrogens with zero attached hydrogens (tertiary/aromatic N) is 5. The number of rotatable bonds is 15. The van der Waals surface area contributed by atoms with Gasteiger partial charge >= 0.3 is 0 Å². The minimum atomic E-state index is 0.131. The fraction of sp³-hybridized carbons (Fsp3) is 0.483. The molecule has 3 aromatic heterocycles. The molecule has 3 heterocycles. The number of unbranched alkanes of at least 4 members (excludes halogenated alkanes) is 1. The maximum Gasteiger partial charge on any atom is 0.123 e. The summed E-state index contributed by atoms with van der Waals surface area (Å²) >= 11 is 0. The summed E-state index contributed by atoms with van der Waals surface area (Å²) in [4.78, 5) is 25.4. The van der Waals surface area contributed by atoms with Gasteiger partial charge in [0.15, 0.2) is 0 Å². The summed E-state index contributed by atoms with van der Waals surface area (Å²) in [5.41, 5.74) is 3.53. The molecule has 7 heteroatoms. The maximum atomic E-state index is 4.96. The van der Waals surface area contributed by atoms with E-state index in [2.05, 4.69) is 80.8 Å².